The van der Waals surface area contributed by atoms with Crippen molar-refractivity contribution in [2.75, 3.05) is 38.3 Å². The SMILES string of the molecule is Cc1nn(-c2ccccc2)c2c1P(=O)(N1CCOCC1)/C(=C1/N(C)c3ccccc3C1(C)C)C=N2. The molecule has 3 aliphatic rings. The Morgan fingerprint density at radius 1 is 1.00 bits per heavy atom. The molecule has 6 rings (SSSR count). The minimum atomic E-state index is -3.26. The summed E-state index contributed by atoms with van der Waals surface area (Å²) in [4.78, 5) is 7.13. The van der Waals surface area contributed by atoms with Crippen LogP contribution < -0.4 is 10.2 Å². The van der Waals surface area contributed by atoms with Crippen LogP contribution in [0.3, 0.4) is 0 Å². The molecule has 1 aromatic heterocycles. The molecule has 1 atom stereocenters. The summed E-state index contributed by atoms with van der Waals surface area (Å²) in [7, 11) is -1.19. The van der Waals surface area contributed by atoms with Gasteiger partial charge in [0.15, 0.2) is 5.82 Å². The third-order valence-corrected chi connectivity index (χ3v) is 10.7. The number of anilines is 1. The first-order chi connectivity index (χ1) is 16.8. The van der Waals surface area contributed by atoms with Crippen LogP contribution in [0.5, 0.6) is 0 Å². The molecule has 0 amide bonds. The second-order valence-corrected chi connectivity index (χ2v) is 12.5. The number of hydrogen-bond acceptors (Lipinski definition) is 5. The summed E-state index contributed by atoms with van der Waals surface area (Å²) in [5.41, 5.74) is 4.75. The molecule has 3 aliphatic heterocycles. The monoisotopic (exact) mass is 487 g/mol. The summed E-state index contributed by atoms with van der Waals surface area (Å²) in [6.07, 6.45) is 1.85. The second kappa shape index (κ2) is 8.02. The van der Waals surface area contributed by atoms with E-state index in [0.717, 1.165) is 33.4 Å². The summed E-state index contributed by atoms with van der Waals surface area (Å²) in [6, 6.07) is 18.4. The predicted octanol–water partition coefficient (Wildman–Crippen LogP) is 4.77. The highest BCUT2D eigenvalue weighted by Gasteiger charge is 2.50. The molecule has 1 saturated heterocycles. The van der Waals surface area contributed by atoms with E-state index in [1.54, 1.807) is 0 Å². The van der Waals surface area contributed by atoms with Gasteiger partial charge in [-0.2, -0.15) is 5.10 Å². The van der Waals surface area contributed by atoms with Crippen LogP contribution in [0.15, 0.2) is 70.6 Å². The standard InChI is InChI=1S/C27H30N5O2P/c1-19-24-26(32(29-19)20-10-6-5-7-11-20)28-18-23(35(24,33)31-14-16-34-17-15-31)25-27(2,3)21-12-8-9-13-22(21)30(25)4/h5-13,18H,14-17H2,1-4H3/b25-23+. The molecule has 0 aliphatic carbocycles. The van der Waals surface area contributed by atoms with Crippen LogP contribution in [0.2, 0.25) is 0 Å². The number of fused-ring (bicyclic) bond motifs is 2. The van der Waals surface area contributed by atoms with E-state index in [-0.39, 0.29) is 5.41 Å². The number of hydrogen-bond donors (Lipinski definition) is 0. The van der Waals surface area contributed by atoms with Crippen LogP contribution in [0, 0.1) is 6.92 Å². The Morgan fingerprint density at radius 2 is 1.69 bits per heavy atom. The lowest BCUT2D eigenvalue weighted by Crippen LogP contribution is -2.40. The number of aliphatic imine (C=N–C) groups is 1. The number of likely N-dealkylation sites (N-methyl/N-ethyl adjacent to an activating group) is 1. The van der Waals surface area contributed by atoms with Crippen molar-refractivity contribution in [3.05, 3.63) is 76.9 Å². The number of benzene rings is 2. The first-order valence-corrected chi connectivity index (χ1v) is 13.7. The highest BCUT2D eigenvalue weighted by molar-refractivity contribution is 7.75. The van der Waals surface area contributed by atoms with Crippen LogP contribution in [0.25, 0.3) is 5.69 Å². The lowest BCUT2D eigenvalue weighted by molar-refractivity contribution is 0.0730. The summed E-state index contributed by atoms with van der Waals surface area (Å²) < 4.78 is 25.2. The van der Waals surface area contributed by atoms with Gasteiger partial charge in [-0.1, -0.05) is 50.2 Å². The quantitative estimate of drug-likeness (QED) is 0.488. The fraction of sp³-hybridized carbons (Fsp3) is 0.333. The van der Waals surface area contributed by atoms with Crippen LogP contribution in [0.4, 0.5) is 11.5 Å². The zero-order valence-electron chi connectivity index (χ0n) is 20.6. The Morgan fingerprint density at radius 3 is 2.40 bits per heavy atom. The molecule has 8 heteroatoms. The molecular formula is C27H30N5O2P. The Bertz CT molecular complexity index is 1420. The van der Waals surface area contributed by atoms with Crippen molar-refractivity contribution in [2.45, 2.75) is 26.2 Å². The number of ether oxygens (including phenoxy) is 1. The molecule has 1 fully saturated rings. The normalized spacial score (nSPS) is 25.5. The van der Waals surface area contributed by atoms with Crippen LogP contribution >= 0.6 is 7.29 Å². The van der Waals surface area contributed by atoms with Crippen LogP contribution in [0.1, 0.15) is 25.1 Å². The highest BCUT2D eigenvalue weighted by atomic mass is 31.2. The highest BCUT2D eigenvalue weighted by Crippen LogP contribution is 2.64. The van der Waals surface area contributed by atoms with E-state index in [1.807, 2.05) is 48.2 Å². The van der Waals surface area contributed by atoms with Gasteiger partial charge in [-0.3, -0.25) is 4.57 Å². The molecule has 180 valence electrons. The number of rotatable bonds is 2. The Hall–Kier alpha value is -2.99. The topological polar surface area (TPSA) is 63.0 Å². The molecular weight excluding hydrogens is 457 g/mol. The Kier molecular flexibility index (Phi) is 5.15. The zero-order valence-corrected chi connectivity index (χ0v) is 21.5. The van der Waals surface area contributed by atoms with Gasteiger partial charge in [0.25, 0.3) is 0 Å². The van der Waals surface area contributed by atoms with Gasteiger partial charge in [-0.25, -0.2) is 14.3 Å². The molecule has 35 heavy (non-hydrogen) atoms. The predicted molar refractivity (Wildman–Crippen MR) is 141 cm³/mol. The van der Waals surface area contributed by atoms with Crippen molar-refractivity contribution in [3.8, 4) is 5.69 Å². The van der Waals surface area contributed by atoms with E-state index in [1.165, 1.54) is 5.56 Å². The summed E-state index contributed by atoms with van der Waals surface area (Å²) in [6.45, 7) is 8.71. The van der Waals surface area contributed by atoms with Gasteiger partial charge in [-0.15, -0.1) is 0 Å². The molecule has 2 aromatic carbocycles. The van der Waals surface area contributed by atoms with E-state index in [4.69, 9.17) is 14.8 Å². The van der Waals surface area contributed by atoms with Crippen molar-refractivity contribution < 1.29 is 9.30 Å². The summed E-state index contributed by atoms with van der Waals surface area (Å²) in [5.74, 6) is 0.656. The van der Waals surface area contributed by atoms with Gasteiger partial charge in [0.2, 0.25) is 7.29 Å². The Labute approximate surface area is 206 Å². The number of morpholine rings is 1. The molecule has 4 heterocycles. The zero-order chi connectivity index (χ0) is 24.4. The van der Waals surface area contributed by atoms with Gasteiger partial charge < -0.3 is 9.64 Å². The van der Waals surface area contributed by atoms with Gasteiger partial charge >= 0.3 is 0 Å². The van der Waals surface area contributed by atoms with Crippen LogP contribution in [-0.4, -0.2) is 54.0 Å². The molecule has 0 radical (unpaired) electrons. The Balaban J connectivity index is 1.64. The number of para-hydroxylation sites is 2. The number of aryl methyl sites for hydroxylation is 1. The van der Waals surface area contributed by atoms with Crippen molar-refractivity contribution in [1.29, 1.82) is 0 Å². The summed E-state index contributed by atoms with van der Waals surface area (Å²) in [5, 5.41) is 6.39. The maximum Gasteiger partial charge on any atom is 0.216 e. The fourth-order valence-electron chi connectivity index (χ4n) is 5.84. The van der Waals surface area contributed by atoms with Gasteiger partial charge in [0.05, 0.1) is 35.2 Å². The van der Waals surface area contributed by atoms with E-state index >= 15 is 4.57 Å². The lowest BCUT2D eigenvalue weighted by atomic mass is 9.84. The van der Waals surface area contributed by atoms with Gasteiger partial charge in [-0.05, 0) is 30.7 Å². The van der Waals surface area contributed by atoms with Gasteiger partial charge in [0.1, 0.15) is 0 Å². The minimum absolute atomic E-state index is 0.324. The number of aromatic nitrogens is 2. The third kappa shape index (κ3) is 3.15. The van der Waals surface area contributed by atoms with Crippen molar-refractivity contribution >= 4 is 30.3 Å². The van der Waals surface area contributed by atoms with Crippen LogP contribution in [-0.2, 0) is 14.7 Å². The summed E-state index contributed by atoms with van der Waals surface area (Å²) >= 11 is 0. The smallest absolute Gasteiger partial charge is 0.216 e. The van der Waals surface area contributed by atoms with Crippen molar-refractivity contribution in [3.63, 3.8) is 0 Å². The molecule has 0 bridgehead atoms. The molecule has 3 aromatic rings. The first kappa shape index (κ1) is 22.5. The van der Waals surface area contributed by atoms with E-state index in [0.29, 0.717) is 32.1 Å². The van der Waals surface area contributed by atoms with Crippen molar-refractivity contribution in [2.24, 2.45) is 4.99 Å². The van der Waals surface area contributed by atoms with Crippen molar-refractivity contribution in [1.82, 2.24) is 14.5 Å². The maximum absolute atomic E-state index is 15.6. The van der Waals surface area contributed by atoms with E-state index < -0.39 is 7.29 Å². The van der Waals surface area contributed by atoms with E-state index in [9.17, 15) is 0 Å². The molecule has 0 saturated carbocycles. The average molecular weight is 488 g/mol. The first-order valence-electron chi connectivity index (χ1n) is 12.1. The molecule has 7 nitrogen and oxygen atoms in total. The second-order valence-electron chi connectivity index (χ2n) is 9.84. The maximum atomic E-state index is 15.6. The minimum Gasteiger partial charge on any atom is -0.379 e. The molecule has 0 spiro atoms. The molecule has 0 N–H and O–H groups in total. The van der Waals surface area contributed by atoms with Gasteiger partial charge in [0, 0.05) is 43.2 Å². The fourth-order valence-corrected chi connectivity index (χ4v) is 9.23. The number of allylic oxidation sites excluding steroid dienone is 2. The average Bonchev–Trinajstić information content (AvgIpc) is 3.32. The largest absolute Gasteiger partial charge is 0.379 e. The lowest BCUT2D eigenvalue weighted by Gasteiger charge is -2.39. The number of nitrogens with zero attached hydrogens (tertiary/aromatic N) is 5. The third-order valence-electron chi connectivity index (χ3n) is 7.44. The molecule has 1 unspecified atom stereocenters. The van der Waals surface area contributed by atoms with E-state index in [2.05, 4.69) is 54.7 Å².